The van der Waals surface area contributed by atoms with Gasteiger partial charge in [-0.25, -0.2) is 0 Å². The quantitative estimate of drug-likeness (QED) is 0.927. The first-order chi connectivity index (χ1) is 8.98. The number of likely N-dealkylation sites (tertiary alicyclic amines) is 1. The highest BCUT2D eigenvalue weighted by Crippen LogP contribution is 2.27. The van der Waals surface area contributed by atoms with E-state index < -0.39 is 5.60 Å². The van der Waals surface area contributed by atoms with E-state index in [9.17, 15) is 5.11 Å². The monoisotopic (exact) mass is 326 g/mol. The molecule has 0 aromatic carbocycles. The Kier molecular flexibility index (Phi) is 4.98. The summed E-state index contributed by atoms with van der Waals surface area (Å²) in [6.07, 6.45) is 5.23. The van der Waals surface area contributed by atoms with E-state index in [1.165, 1.54) is 0 Å². The van der Waals surface area contributed by atoms with Gasteiger partial charge in [-0.2, -0.15) is 0 Å². The molecule has 0 saturated carbocycles. The van der Waals surface area contributed by atoms with Crippen LogP contribution in [0.1, 0.15) is 38.8 Å². The van der Waals surface area contributed by atoms with E-state index in [0.29, 0.717) is 12.5 Å². The Morgan fingerprint density at radius 3 is 2.79 bits per heavy atom. The second-order valence-electron chi connectivity index (χ2n) is 5.85. The van der Waals surface area contributed by atoms with Crippen molar-refractivity contribution in [2.24, 2.45) is 0 Å². The highest BCUT2D eigenvalue weighted by atomic mass is 79.9. The van der Waals surface area contributed by atoms with Crippen molar-refractivity contribution >= 4 is 15.9 Å². The summed E-state index contributed by atoms with van der Waals surface area (Å²) in [4.78, 5) is 6.83. The Labute approximate surface area is 124 Å². The Bertz CT molecular complexity index is 407. The van der Waals surface area contributed by atoms with Gasteiger partial charge >= 0.3 is 0 Å². The van der Waals surface area contributed by atoms with Crippen LogP contribution >= 0.6 is 15.9 Å². The van der Waals surface area contributed by atoms with Gasteiger partial charge in [-0.1, -0.05) is 0 Å². The summed E-state index contributed by atoms with van der Waals surface area (Å²) in [6.45, 7) is 6.51. The van der Waals surface area contributed by atoms with Crippen molar-refractivity contribution in [3.63, 3.8) is 0 Å². The minimum Gasteiger partial charge on any atom is -0.389 e. The maximum atomic E-state index is 10.8. The van der Waals surface area contributed by atoms with Gasteiger partial charge in [-0.3, -0.25) is 4.98 Å². The molecule has 0 bridgehead atoms. The van der Waals surface area contributed by atoms with Crippen LogP contribution in [0.25, 0.3) is 0 Å². The summed E-state index contributed by atoms with van der Waals surface area (Å²) in [5.74, 6) is 0. The Morgan fingerprint density at radius 2 is 2.16 bits per heavy atom. The van der Waals surface area contributed by atoms with Crippen molar-refractivity contribution in [2.75, 3.05) is 13.1 Å². The molecule has 2 rings (SSSR count). The van der Waals surface area contributed by atoms with Gasteiger partial charge in [-0.05, 0) is 67.7 Å². The van der Waals surface area contributed by atoms with Crippen LogP contribution < -0.4 is 0 Å². The normalized spacial score (nSPS) is 25.5. The molecular weight excluding hydrogens is 304 g/mol. The van der Waals surface area contributed by atoms with E-state index in [-0.39, 0.29) is 0 Å². The lowest BCUT2D eigenvalue weighted by Gasteiger charge is -2.28. The lowest BCUT2D eigenvalue weighted by molar-refractivity contribution is 0.0240. The maximum absolute atomic E-state index is 10.8. The number of rotatable bonds is 3. The van der Waals surface area contributed by atoms with Gasteiger partial charge in [0.05, 0.1) is 5.60 Å². The average molecular weight is 327 g/mol. The molecule has 1 unspecified atom stereocenters. The minimum atomic E-state index is -0.593. The Balaban J connectivity index is 2.00. The van der Waals surface area contributed by atoms with E-state index >= 15 is 0 Å². The molecule has 2 heterocycles. The van der Waals surface area contributed by atoms with Crippen molar-refractivity contribution in [2.45, 2.75) is 51.2 Å². The van der Waals surface area contributed by atoms with Crippen molar-refractivity contribution in [1.29, 1.82) is 0 Å². The summed E-state index contributed by atoms with van der Waals surface area (Å²) in [6, 6.07) is 4.55. The molecule has 1 saturated heterocycles. The van der Waals surface area contributed by atoms with Gasteiger partial charge < -0.3 is 10.0 Å². The summed E-state index contributed by atoms with van der Waals surface area (Å²) in [7, 11) is 0. The van der Waals surface area contributed by atoms with Crippen molar-refractivity contribution in [3.05, 3.63) is 28.5 Å². The second kappa shape index (κ2) is 6.33. The van der Waals surface area contributed by atoms with E-state index in [0.717, 1.165) is 42.5 Å². The van der Waals surface area contributed by atoms with Crippen LogP contribution in [0.15, 0.2) is 22.8 Å². The fraction of sp³-hybridized carbons (Fsp3) is 0.667. The van der Waals surface area contributed by atoms with Crippen LogP contribution in [0, 0.1) is 0 Å². The molecule has 0 aliphatic carbocycles. The first-order valence-electron chi connectivity index (χ1n) is 7.05. The minimum absolute atomic E-state index is 0.563. The number of hydrogen-bond donors (Lipinski definition) is 1. The molecule has 0 spiro atoms. The SMILES string of the molecule is CC(C)N1CCCC(O)(Cc2ccc(Br)cn2)CC1. The number of pyridine rings is 1. The molecule has 1 aliphatic heterocycles. The topological polar surface area (TPSA) is 36.4 Å². The van der Waals surface area contributed by atoms with Gasteiger partial charge in [0.1, 0.15) is 0 Å². The highest BCUT2D eigenvalue weighted by Gasteiger charge is 2.31. The van der Waals surface area contributed by atoms with E-state index in [4.69, 9.17) is 0 Å². The molecule has 1 fully saturated rings. The summed E-state index contributed by atoms with van der Waals surface area (Å²) in [5.41, 5.74) is 0.383. The number of halogens is 1. The zero-order valence-electron chi connectivity index (χ0n) is 11.8. The third-order valence-electron chi connectivity index (χ3n) is 3.98. The van der Waals surface area contributed by atoms with Gasteiger partial charge in [0.2, 0.25) is 0 Å². The zero-order valence-corrected chi connectivity index (χ0v) is 13.4. The molecule has 19 heavy (non-hydrogen) atoms. The number of aromatic nitrogens is 1. The Morgan fingerprint density at radius 1 is 1.37 bits per heavy atom. The third kappa shape index (κ3) is 4.26. The molecule has 4 heteroatoms. The van der Waals surface area contributed by atoms with E-state index in [1.54, 1.807) is 6.20 Å². The largest absolute Gasteiger partial charge is 0.389 e. The van der Waals surface area contributed by atoms with Crippen LogP contribution in [0.3, 0.4) is 0 Å². The predicted molar refractivity (Wildman–Crippen MR) is 81.2 cm³/mol. The lowest BCUT2D eigenvalue weighted by atomic mass is 9.89. The molecular formula is C15H23BrN2O. The highest BCUT2D eigenvalue weighted by molar-refractivity contribution is 9.10. The predicted octanol–water partition coefficient (Wildman–Crippen LogP) is 3.01. The van der Waals surface area contributed by atoms with Crippen molar-refractivity contribution < 1.29 is 5.11 Å². The molecule has 1 N–H and O–H groups in total. The van der Waals surface area contributed by atoms with Crippen LogP contribution in [-0.2, 0) is 6.42 Å². The molecule has 3 nitrogen and oxygen atoms in total. The van der Waals surface area contributed by atoms with Crippen LogP contribution in [0.4, 0.5) is 0 Å². The van der Waals surface area contributed by atoms with E-state index in [2.05, 4.69) is 39.7 Å². The van der Waals surface area contributed by atoms with Gasteiger partial charge in [0.25, 0.3) is 0 Å². The summed E-state index contributed by atoms with van der Waals surface area (Å²) in [5, 5.41) is 10.8. The second-order valence-corrected chi connectivity index (χ2v) is 6.77. The standard InChI is InChI=1S/C15H23BrN2O/c1-12(2)18-8-3-6-15(19,7-9-18)10-14-5-4-13(16)11-17-14/h4-5,11-12,19H,3,6-10H2,1-2H3. The molecule has 106 valence electrons. The molecule has 1 aliphatic rings. The van der Waals surface area contributed by atoms with Gasteiger partial charge in [-0.15, -0.1) is 0 Å². The van der Waals surface area contributed by atoms with Crippen LogP contribution in [0.5, 0.6) is 0 Å². The summed E-state index contributed by atoms with van der Waals surface area (Å²) < 4.78 is 0.982. The fourth-order valence-corrected chi connectivity index (χ4v) is 2.98. The van der Waals surface area contributed by atoms with E-state index in [1.807, 2.05) is 12.1 Å². The van der Waals surface area contributed by atoms with Gasteiger partial charge in [0, 0.05) is 35.4 Å². The molecule has 0 amide bonds. The number of nitrogens with zero attached hydrogens (tertiary/aromatic N) is 2. The van der Waals surface area contributed by atoms with Gasteiger partial charge in [0.15, 0.2) is 0 Å². The van der Waals surface area contributed by atoms with Crippen LogP contribution in [0.2, 0.25) is 0 Å². The molecule has 1 aromatic heterocycles. The summed E-state index contributed by atoms with van der Waals surface area (Å²) >= 11 is 3.39. The Hall–Kier alpha value is -0.450. The smallest absolute Gasteiger partial charge is 0.0715 e. The molecule has 1 aromatic rings. The zero-order chi connectivity index (χ0) is 13.9. The fourth-order valence-electron chi connectivity index (χ4n) is 2.74. The number of aliphatic hydroxyl groups is 1. The maximum Gasteiger partial charge on any atom is 0.0715 e. The average Bonchev–Trinajstić information content (AvgIpc) is 2.55. The van der Waals surface area contributed by atoms with Crippen molar-refractivity contribution in [3.8, 4) is 0 Å². The first-order valence-corrected chi connectivity index (χ1v) is 7.85. The lowest BCUT2D eigenvalue weighted by Crippen LogP contribution is -2.35. The molecule has 1 atom stereocenters. The van der Waals surface area contributed by atoms with Crippen LogP contribution in [-0.4, -0.2) is 39.7 Å². The third-order valence-corrected chi connectivity index (χ3v) is 4.45. The number of hydrogen-bond acceptors (Lipinski definition) is 3. The van der Waals surface area contributed by atoms with Crippen molar-refractivity contribution in [1.82, 2.24) is 9.88 Å². The first kappa shape index (κ1) is 14.9. The molecule has 0 radical (unpaired) electrons.